The molecule has 1 fully saturated rings. The summed E-state index contributed by atoms with van der Waals surface area (Å²) in [6.07, 6.45) is 4.00. The number of hydrogen-bond donors (Lipinski definition) is 2. The first-order chi connectivity index (χ1) is 6.58. The fourth-order valence-corrected chi connectivity index (χ4v) is 2.06. The average Bonchev–Trinajstić information content (AvgIpc) is 2.47. The Morgan fingerprint density at radius 1 is 1.50 bits per heavy atom. The van der Waals surface area contributed by atoms with E-state index in [9.17, 15) is 0 Å². The molecule has 0 aromatic carbocycles. The minimum absolute atomic E-state index is 0.376. The molecule has 0 amide bonds. The molecule has 0 radical (unpaired) electrons. The first kappa shape index (κ1) is 11.3. The van der Waals surface area contributed by atoms with Gasteiger partial charge in [-0.05, 0) is 38.5 Å². The first-order valence-electron chi connectivity index (χ1n) is 5.64. The van der Waals surface area contributed by atoms with Crippen LogP contribution < -0.4 is 11.1 Å². The third-order valence-corrected chi connectivity index (χ3v) is 2.76. The van der Waals surface area contributed by atoms with E-state index in [4.69, 9.17) is 5.73 Å². The highest BCUT2D eigenvalue weighted by atomic mass is 15.1. The smallest absolute Gasteiger partial charge is 0.188 e. The van der Waals surface area contributed by atoms with Crippen LogP contribution in [-0.4, -0.2) is 18.5 Å². The third kappa shape index (κ3) is 3.99. The van der Waals surface area contributed by atoms with Crippen LogP contribution in [-0.2, 0) is 0 Å². The van der Waals surface area contributed by atoms with Crippen LogP contribution in [0.15, 0.2) is 4.99 Å². The number of nitrogens with two attached hydrogens (primary N) is 1. The lowest BCUT2D eigenvalue weighted by molar-refractivity contribution is 0.524. The van der Waals surface area contributed by atoms with Gasteiger partial charge in [-0.15, -0.1) is 0 Å². The maximum atomic E-state index is 5.73. The zero-order valence-corrected chi connectivity index (χ0v) is 9.59. The van der Waals surface area contributed by atoms with E-state index >= 15 is 0 Å². The van der Waals surface area contributed by atoms with Gasteiger partial charge in [-0.3, -0.25) is 4.99 Å². The molecule has 0 aliphatic heterocycles. The predicted molar refractivity (Wildman–Crippen MR) is 61.3 cm³/mol. The number of nitrogens with one attached hydrogen (secondary N) is 1. The van der Waals surface area contributed by atoms with Crippen molar-refractivity contribution in [1.29, 1.82) is 0 Å². The van der Waals surface area contributed by atoms with Crippen LogP contribution in [0.5, 0.6) is 0 Å². The van der Waals surface area contributed by atoms with E-state index in [1.807, 2.05) is 0 Å². The predicted octanol–water partition coefficient (Wildman–Crippen LogP) is 1.74. The molecule has 0 bridgehead atoms. The molecule has 0 spiro atoms. The lowest BCUT2D eigenvalue weighted by Crippen LogP contribution is -2.37. The number of nitrogens with zero attached hydrogens (tertiary/aromatic N) is 1. The van der Waals surface area contributed by atoms with E-state index in [2.05, 4.69) is 31.1 Å². The standard InChI is InChI=1S/C11H23N3/c1-8(2)14-11(12)13-7-10-5-4-9(3)6-10/h8-10H,4-7H2,1-3H3,(H3,12,13,14). The summed E-state index contributed by atoms with van der Waals surface area (Å²) in [5.41, 5.74) is 5.73. The fourth-order valence-electron chi connectivity index (χ4n) is 2.06. The van der Waals surface area contributed by atoms with E-state index in [0.717, 1.165) is 18.4 Å². The minimum Gasteiger partial charge on any atom is -0.370 e. The summed E-state index contributed by atoms with van der Waals surface area (Å²) in [6.45, 7) is 7.36. The summed E-state index contributed by atoms with van der Waals surface area (Å²) in [5, 5.41) is 3.11. The first-order valence-corrected chi connectivity index (χ1v) is 5.64. The maximum Gasteiger partial charge on any atom is 0.188 e. The van der Waals surface area contributed by atoms with Crippen molar-refractivity contribution in [2.75, 3.05) is 6.54 Å². The van der Waals surface area contributed by atoms with Crippen LogP contribution in [0.4, 0.5) is 0 Å². The zero-order valence-electron chi connectivity index (χ0n) is 9.59. The lowest BCUT2D eigenvalue weighted by atomic mass is 10.1. The van der Waals surface area contributed by atoms with Gasteiger partial charge in [-0.1, -0.05) is 13.3 Å². The normalized spacial score (nSPS) is 28.4. The van der Waals surface area contributed by atoms with Crippen molar-refractivity contribution in [2.45, 2.75) is 46.1 Å². The third-order valence-electron chi connectivity index (χ3n) is 2.76. The van der Waals surface area contributed by atoms with Gasteiger partial charge in [0.25, 0.3) is 0 Å². The molecule has 82 valence electrons. The molecule has 2 atom stereocenters. The van der Waals surface area contributed by atoms with E-state index in [1.54, 1.807) is 0 Å². The van der Waals surface area contributed by atoms with Crippen molar-refractivity contribution in [1.82, 2.24) is 5.32 Å². The molecule has 1 rings (SSSR count). The molecule has 0 saturated heterocycles. The van der Waals surface area contributed by atoms with Gasteiger partial charge in [0.15, 0.2) is 5.96 Å². The second kappa shape index (κ2) is 5.23. The highest BCUT2D eigenvalue weighted by Gasteiger charge is 2.20. The van der Waals surface area contributed by atoms with Crippen molar-refractivity contribution in [3.8, 4) is 0 Å². The summed E-state index contributed by atoms with van der Waals surface area (Å²) < 4.78 is 0. The van der Waals surface area contributed by atoms with E-state index in [1.165, 1.54) is 19.3 Å². The van der Waals surface area contributed by atoms with Gasteiger partial charge in [-0.2, -0.15) is 0 Å². The highest BCUT2D eigenvalue weighted by Crippen LogP contribution is 2.30. The Bertz CT molecular complexity index is 199. The van der Waals surface area contributed by atoms with Crippen molar-refractivity contribution >= 4 is 5.96 Å². The average molecular weight is 197 g/mol. The highest BCUT2D eigenvalue weighted by molar-refractivity contribution is 5.78. The van der Waals surface area contributed by atoms with E-state index in [0.29, 0.717) is 12.0 Å². The second-order valence-corrected chi connectivity index (χ2v) is 4.81. The Balaban J connectivity index is 2.24. The Hall–Kier alpha value is -0.730. The van der Waals surface area contributed by atoms with Gasteiger partial charge >= 0.3 is 0 Å². The summed E-state index contributed by atoms with van der Waals surface area (Å²) in [5.74, 6) is 2.24. The quantitative estimate of drug-likeness (QED) is 0.535. The SMILES string of the molecule is CC1CCC(CN=C(N)NC(C)C)C1. The molecular formula is C11H23N3. The van der Waals surface area contributed by atoms with Crippen molar-refractivity contribution in [3.05, 3.63) is 0 Å². The summed E-state index contributed by atoms with van der Waals surface area (Å²) >= 11 is 0. The number of guanidine groups is 1. The summed E-state index contributed by atoms with van der Waals surface area (Å²) in [6, 6.07) is 0.376. The Labute approximate surface area is 87.2 Å². The van der Waals surface area contributed by atoms with Gasteiger partial charge in [0.2, 0.25) is 0 Å². The Morgan fingerprint density at radius 3 is 2.71 bits per heavy atom. The molecular weight excluding hydrogens is 174 g/mol. The summed E-state index contributed by atoms with van der Waals surface area (Å²) in [7, 11) is 0. The monoisotopic (exact) mass is 197 g/mol. The largest absolute Gasteiger partial charge is 0.370 e. The van der Waals surface area contributed by atoms with Gasteiger partial charge in [0, 0.05) is 12.6 Å². The Kier molecular flexibility index (Phi) is 4.23. The number of rotatable bonds is 3. The fraction of sp³-hybridized carbons (Fsp3) is 0.909. The van der Waals surface area contributed by atoms with Gasteiger partial charge in [0.05, 0.1) is 0 Å². The topological polar surface area (TPSA) is 50.4 Å². The van der Waals surface area contributed by atoms with Crippen molar-refractivity contribution in [2.24, 2.45) is 22.6 Å². The lowest BCUT2D eigenvalue weighted by Gasteiger charge is -2.10. The maximum absolute atomic E-state index is 5.73. The van der Waals surface area contributed by atoms with E-state index in [-0.39, 0.29) is 0 Å². The summed E-state index contributed by atoms with van der Waals surface area (Å²) in [4.78, 5) is 4.36. The molecule has 0 heterocycles. The van der Waals surface area contributed by atoms with Gasteiger partial charge < -0.3 is 11.1 Å². The Morgan fingerprint density at radius 2 is 2.21 bits per heavy atom. The van der Waals surface area contributed by atoms with Gasteiger partial charge in [-0.25, -0.2) is 0 Å². The molecule has 3 heteroatoms. The van der Waals surface area contributed by atoms with E-state index < -0.39 is 0 Å². The molecule has 2 unspecified atom stereocenters. The van der Waals surface area contributed by atoms with Crippen LogP contribution in [0.1, 0.15) is 40.0 Å². The number of aliphatic imine (C=N–C) groups is 1. The van der Waals surface area contributed by atoms with Gasteiger partial charge in [0.1, 0.15) is 0 Å². The minimum atomic E-state index is 0.376. The molecule has 1 aliphatic rings. The van der Waals surface area contributed by atoms with Crippen molar-refractivity contribution < 1.29 is 0 Å². The second-order valence-electron chi connectivity index (χ2n) is 4.81. The van der Waals surface area contributed by atoms with Crippen LogP contribution in [0.3, 0.4) is 0 Å². The molecule has 14 heavy (non-hydrogen) atoms. The van der Waals surface area contributed by atoms with Crippen molar-refractivity contribution in [3.63, 3.8) is 0 Å². The van der Waals surface area contributed by atoms with Crippen LogP contribution in [0.2, 0.25) is 0 Å². The molecule has 3 nitrogen and oxygen atoms in total. The van der Waals surface area contributed by atoms with Crippen LogP contribution in [0, 0.1) is 11.8 Å². The molecule has 1 saturated carbocycles. The zero-order chi connectivity index (χ0) is 10.6. The molecule has 0 aromatic rings. The van der Waals surface area contributed by atoms with Crippen LogP contribution in [0.25, 0.3) is 0 Å². The molecule has 1 aliphatic carbocycles. The van der Waals surface area contributed by atoms with Crippen LogP contribution >= 0.6 is 0 Å². The molecule has 3 N–H and O–H groups in total. The molecule has 0 aromatic heterocycles. The number of hydrogen-bond acceptors (Lipinski definition) is 1.